The Hall–Kier alpha value is -0.570. The molecular weight excluding hydrogens is 180 g/mol. The summed E-state index contributed by atoms with van der Waals surface area (Å²) in [5.74, 6) is 1.59. The van der Waals surface area contributed by atoms with E-state index in [9.17, 15) is 0 Å². The zero-order valence-electron chi connectivity index (χ0n) is 8.16. The van der Waals surface area contributed by atoms with Crippen LogP contribution in [0.2, 0.25) is 0 Å². The molecule has 0 saturated heterocycles. The van der Waals surface area contributed by atoms with Crippen LogP contribution in [-0.4, -0.2) is 9.55 Å². The Balaban J connectivity index is 2.28. The van der Waals surface area contributed by atoms with Gasteiger partial charge in [0.1, 0.15) is 0 Å². The Morgan fingerprint density at radius 2 is 2.23 bits per heavy atom. The molecule has 72 valence electrons. The molecule has 1 aliphatic carbocycles. The van der Waals surface area contributed by atoms with E-state index in [1.165, 1.54) is 12.8 Å². The van der Waals surface area contributed by atoms with Crippen LogP contribution < -0.4 is 0 Å². The van der Waals surface area contributed by atoms with E-state index in [-0.39, 0.29) is 0 Å². The summed E-state index contributed by atoms with van der Waals surface area (Å²) in [4.78, 5) is 3.06. The van der Waals surface area contributed by atoms with Gasteiger partial charge in [-0.3, -0.25) is 0 Å². The molecule has 0 bridgehead atoms. The molecular formula is C10H16N2S. The molecule has 3 unspecified atom stereocenters. The van der Waals surface area contributed by atoms with Crippen molar-refractivity contribution < 1.29 is 0 Å². The van der Waals surface area contributed by atoms with Crippen molar-refractivity contribution in [3.8, 4) is 0 Å². The van der Waals surface area contributed by atoms with E-state index in [1.54, 1.807) is 0 Å². The van der Waals surface area contributed by atoms with Crippen molar-refractivity contribution in [2.75, 3.05) is 0 Å². The van der Waals surface area contributed by atoms with Gasteiger partial charge in [-0.15, -0.1) is 0 Å². The zero-order valence-corrected chi connectivity index (χ0v) is 8.97. The summed E-state index contributed by atoms with van der Waals surface area (Å²) in [7, 11) is 0. The molecule has 1 saturated carbocycles. The number of hydrogen-bond donors (Lipinski definition) is 1. The lowest BCUT2D eigenvalue weighted by molar-refractivity contribution is 0.350. The monoisotopic (exact) mass is 196 g/mol. The molecule has 3 heteroatoms. The Bertz CT molecular complexity index is 339. The maximum Gasteiger partial charge on any atom is 0.177 e. The van der Waals surface area contributed by atoms with Gasteiger partial charge in [0.25, 0.3) is 0 Å². The van der Waals surface area contributed by atoms with E-state index in [0.29, 0.717) is 6.04 Å². The number of imidazole rings is 1. The van der Waals surface area contributed by atoms with Gasteiger partial charge in [-0.2, -0.15) is 0 Å². The minimum atomic E-state index is 0.619. The normalized spacial score (nSPS) is 33.8. The minimum Gasteiger partial charge on any atom is -0.337 e. The number of aromatic amines is 1. The lowest BCUT2D eigenvalue weighted by Crippen LogP contribution is -2.13. The first-order valence-electron chi connectivity index (χ1n) is 4.95. The SMILES string of the molecule is CC1CCC(n2cc[nH]c2=S)C1C. The summed E-state index contributed by atoms with van der Waals surface area (Å²) >= 11 is 5.22. The van der Waals surface area contributed by atoms with Gasteiger partial charge >= 0.3 is 0 Å². The molecule has 13 heavy (non-hydrogen) atoms. The first-order valence-corrected chi connectivity index (χ1v) is 5.36. The first kappa shape index (κ1) is 9.00. The molecule has 0 spiro atoms. The van der Waals surface area contributed by atoms with E-state index >= 15 is 0 Å². The smallest absolute Gasteiger partial charge is 0.177 e. The average molecular weight is 196 g/mol. The number of nitrogens with one attached hydrogen (secondary N) is 1. The molecule has 0 aromatic carbocycles. The first-order chi connectivity index (χ1) is 6.20. The molecule has 0 aliphatic heterocycles. The largest absolute Gasteiger partial charge is 0.337 e. The second kappa shape index (κ2) is 3.29. The number of H-pyrrole nitrogens is 1. The van der Waals surface area contributed by atoms with E-state index < -0.39 is 0 Å². The highest BCUT2D eigenvalue weighted by atomic mass is 32.1. The van der Waals surface area contributed by atoms with Gasteiger partial charge < -0.3 is 9.55 Å². The standard InChI is InChI=1S/C10H16N2S/c1-7-3-4-9(8(7)2)12-6-5-11-10(12)13/h5-9H,3-4H2,1-2H3,(H,11,13). The Kier molecular flexibility index (Phi) is 2.28. The molecule has 3 atom stereocenters. The Morgan fingerprint density at radius 3 is 2.69 bits per heavy atom. The van der Waals surface area contributed by atoms with Crippen LogP contribution in [0.25, 0.3) is 0 Å². The molecule has 1 aromatic heterocycles. The van der Waals surface area contributed by atoms with Crippen LogP contribution in [-0.2, 0) is 0 Å². The van der Waals surface area contributed by atoms with Crippen LogP contribution in [0.3, 0.4) is 0 Å². The van der Waals surface area contributed by atoms with Gasteiger partial charge in [-0.05, 0) is 36.9 Å². The highest BCUT2D eigenvalue weighted by molar-refractivity contribution is 7.71. The van der Waals surface area contributed by atoms with Crippen LogP contribution >= 0.6 is 12.2 Å². The van der Waals surface area contributed by atoms with E-state index in [0.717, 1.165) is 16.6 Å². The lowest BCUT2D eigenvalue weighted by Gasteiger charge is -2.19. The van der Waals surface area contributed by atoms with E-state index in [2.05, 4.69) is 29.6 Å². The summed E-state index contributed by atoms with van der Waals surface area (Å²) in [5, 5.41) is 0. The van der Waals surface area contributed by atoms with E-state index in [4.69, 9.17) is 12.2 Å². The summed E-state index contributed by atoms with van der Waals surface area (Å²) in [5.41, 5.74) is 0. The second-order valence-corrected chi connectivity index (χ2v) is 4.54. The van der Waals surface area contributed by atoms with Crippen molar-refractivity contribution in [1.29, 1.82) is 0 Å². The number of nitrogens with zero attached hydrogens (tertiary/aromatic N) is 1. The molecule has 1 N–H and O–H groups in total. The number of hydrogen-bond acceptors (Lipinski definition) is 1. The zero-order chi connectivity index (χ0) is 9.42. The molecule has 1 fully saturated rings. The van der Waals surface area contributed by atoms with Crippen molar-refractivity contribution in [3.05, 3.63) is 17.2 Å². The molecule has 2 nitrogen and oxygen atoms in total. The topological polar surface area (TPSA) is 20.7 Å². The van der Waals surface area contributed by atoms with Gasteiger partial charge in [-0.1, -0.05) is 13.8 Å². The number of aromatic nitrogens is 2. The molecule has 0 amide bonds. The van der Waals surface area contributed by atoms with Gasteiger partial charge in [0, 0.05) is 18.4 Å². The Labute approximate surface area is 84.0 Å². The van der Waals surface area contributed by atoms with Crippen LogP contribution in [0.15, 0.2) is 12.4 Å². The van der Waals surface area contributed by atoms with Gasteiger partial charge in [0.2, 0.25) is 0 Å². The fourth-order valence-corrected chi connectivity index (χ4v) is 2.59. The maximum absolute atomic E-state index is 5.22. The minimum absolute atomic E-state index is 0.619. The summed E-state index contributed by atoms with van der Waals surface area (Å²) in [6.07, 6.45) is 6.60. The van der Waals surface area contributed by atoms with Crippen molar-refractivity contribution in [2.24, 2.45) is 11.8 Å². The van der Waals surface area contributed by atoms with Crippen LogP contribution in [0, 0.1) is 16.6 Å². The highest BCUT2D eigenvalue weighted by Gasteiger charge is 2.30. The fourth-order valence-electron chi connectivity index (χ4n) is 2.32. The van der Waals surface area contributed by atoms with E-state index in [1.807, 2.05) is 6.20 Å². The predicted octanol–water partition coefficient (Wildman–Crippen LogP) is 3.15. The Morgan fingerprint density at radius 1 is 1.46 bits per heavy atom. The molecule has 1 heterocycles. The quantitative estimate of drug-likeness (QED) is 0.684. The number of rotatable bonds is 1. The van der Waals surface area contributed by atoms with Crippen molar-refractivity contribution in [2.45, 2.75) is 32.7 Å². The van der Waals surface area contributed by atoms with Crippen molar-refractivity contribution in [1.82, 2.24) is 9.55 Å². The van der Waals surface area contributed by atoms with Gasteiger partial charge in [0.05, 0.1) is 0 Å². The molecule has 0 radical (unpaired) electrons. The third-order valence-electron chi connectivity index (χ3n) is 3.46. The average Bonchev–Trinajstić information content (AvgIpc) is 2.62. The lowest BCUT2D eigenvalue weighted by atomic mass is 9.98. The third kappa shape index (κ3) is 1.46. The third-order valence-corrected chi connectivity index (χ3v) is 3.78. The van der Waals surface area contributed by atoms with Crippen LogP contribution in [0.1, 0.15) is 32.7 Å². The summed E-state index contributed by atoms with van der Waals surface area (Å²) < 4.78 is 3.08. The van der Waals surface area contributed by atoms with Crippen molar-refractivity contribution in [3.63, 3.8) is 0 Å². The molecule has 1 aromatic rings. The molecule has 2 rings (SSSR count). The summed E-state index contributed by atoms with van der Waals surface area (Å²) in [6.45, 7) is 4.66. The fraction of sp³-hybridized carbons (Fsp3) is 0.700. The maximum atomic E-state index is 5.22. The molecule has 1 aliphatic rings. The van der Waals surface area contributed by atoms with Gasteiger partial charge in [-0.25, -0.2) is 0 Å². The van der Waals surface area contributed by atoms with Crippen molar-refractivity contribution >= 4 is 12.2 Å². The van der Waals surface area contributed by atoms with Crippen LogP contribution in [0.4, 0.5) is 0 Å². The highest BCUT2D eigenvalue weighted by Crippen LogP contribution is 2.39. The second-order valence-electron chi connectivity index (χ2n) is 4.15. The predicted molar refractivity (Wildman–Crippen MR) is 56.2 cm³/mol. The van der Waals surface area contributed by atoms with Crippen LogP contribution in [0.5, 0.6) is 0 Å². The van der Waals surface area contributed by atoms with Gasteiger partial charge in [0.15, 0.2) is 4.77 Å². The summed E-state index contributed by atoms with van der Waals surface area (Å²) in [6, 6.07) is 0.619.